The molecule has 0 amide bonds. The summed E-state index contributed by atoms with van der Waals surface area (Å²) in [7, 11) is 2.00. The Bertz CT molecular complexity index is 1200. The summed E-state index contributed by atoms with van der Waals surface area (Å²) in [5.41, 5.74) is 3.43. The lowest BCUT2D eigenvalue weighted by molar-refractivity contribution is 0.190. The summed E-state index contributed by atoms with van der Waals surface area (Å²) in [6.07, 6.45) is 2.30. The minimum absolute atomic E-state index is 0.332. The molecule has 1 aliphatic rings. The highest BCUT2D eigenvalue weighted by Crippen LogP contribution is 2.36. The molecule has 5 rings (SSSR count). The van der Waals surface area contributed by atoms with E-state index < -0.39 is 0 Å². The molecule has 1 atom stereocenters. The largest absolute Gasteiger partial charge is 0.303 e. The molecule has 3 heterocycles. The average Bonchev–Trinajstić information content (AvgIpc) is 3.42. The molecule has 0 saturated carbocycles. The molecular formula is C22H23N5S2. The summed E-state index contributed by atoms with van der Waals surface area (Å²) < 4.78 is 5.98. The summed E-state index contributed by atoms with van der Waals surface area (Å²) in [4.78, 5) is 7.37. The summed E-state index contributed by atoms with van der Waals surface area (Å²) >= 11 is 7.53. The average molecular weight is 422 g/mol. The van der Waals surface area contributed by atoms with Gasteiger partial charge < -0.3 is 4.57 Å². The van der Waals surface area contributed by atoms with Gasteiger partial charge in [-0.25, -0.2) is 9.67 Å². The van der Waals surface area contributed by atoms with Gasteiger partial charge in [-0.1, -0.05) is 36.4 Å². The zero-order chi connectivity index (χ0) is 20.0. The van der Waals surface area contributed by atoms with Gasteiger partial charge in [-0.3, -0.25) is 4.90 Å². The number of benzene rings is 2. The Labute approximate surface area is 179 Å². The maximum Gasteiger partial charge on any atom is 0.199 e. The molecule has 1 saturated heterocycles. The normalized spacial score (nSPS) is 17.4. The first-order valence-corrected chi connectivity index (χ1v) is 11.1. The van der Waals surface area contributed by atoms with Crippen molar-refractivity contribution in [1.82, 2.24) is 24.2 Å². The van der Waals surface area contributed by atoms with Crippen LogP contribution in [0.4, 0.5) is 0 Å². The molecule has 2 aromatic heterocycles. The molecule has 2 aromatic carbocycles. The minimum atomic E-state index is 0.332. The highest BCUT2D eigenvalue weighted by Gasteiger charge is 2.29. The quantitative estimate of drug-likeness (QED) is 0.418. The fraction of sp³-hybridized carbons (Fsp3) is 0.318. The van der Waals surface area contributed by atoms with Crippen LogP contribution in [0.5, 0.6) is 0 Å². The van der Waals surface area contributed by atoms with E-state index in [2.05, 4.69) is 54.3 Å². The monoisotopic (exact) mass is 421 g/mol. The van der Waals surface area contributed by atoms with E-state index in [1.54, 1.807) is 11.3 Å². The molecule has 1 aliphatic heterocycles. The van der Waals surface area contributed by atoms with E-state index in [-0.39, 0.29) is 0 Å². The van der Waals surface area contributed by atoms with E-state index in [0.29, 0.717) is 12.7 Å². The standard InChI is InChI=1S/C22H23N5S2/c1-15-8-3-4-9-16(15)20-24-27(22(28)25(20)2)14-26-13-7-11-18(26)21-23-17-10-5-6-12-19(17)29-21/h3-6,8-10,12,18H,7,11,13-14H2,1-2H3/t18-/m0/s1. The Morgan fingerprint density at radius 1 is 1.14 bits per heavy atom. The highest BCUT2D eigenvalue weighted by molar-refractivity contribution is 7.71. The van der Waals surface area contributed by atoms with Gasteiger partial charge in [0, 0.05) is 19.2 Å². The molecule has 0 unspecified atom stereocenters. The zero-order valence-electron chi connectivity index (χ0n) is 16.6. The fourth-order valence-electron chi connectivity index (χ4n) is 4.12. The van der Waals surface area contributed by atoms with E-state index in [4.69, 9.17) is 22.3 Å². The van der Waals surface area contributed by atoms with Crippen molar-refractivity contribution in [2.24, 2.45) is 7.05 Å². The van der Waals surface area contributed by atoms with E-state index >= 15 is 0 Å². The van der Waals surface area contributed by atoms with E-state index in [1.807, 2.05) is 22.4 Å². The Balaban J connectivity index is 1.46. The maximum absolute atomic E-state index is 5.72. The van der Waals surface area contributed by atoms with Crippen molar-refractivity contribution in [3.05, 3.63) is 63.9 Å². The van der Waals surface area contributed by atoms with Crippen LogP contribution in [0.2, 0.25) is 0 Å². The van der Waals surface area contributed by atoms with Gasteiger partial charge in [0.25, 0.3) is 0 Å². The van der Waals surface area contributed by atoms with Crippen LogP contribution in [-0.4, -0.2) is 30.8 Å². The van der Waals surface area contributed by atoms with Crippen LogP contribution in [0.3, 0.4) is 0 Å². The lowest BCUT2D eigenvalue weighted by Crippen LogP contribution is -2.27. The second-order valence-corrected chi connectivity index (χ2v) is 9.04. The van der Waals surface area contributed by atoms with Crippen LogP contribution < -0.4 is 0 Å². The SMILES string of the molecule is Cc1ccccc1-c1nn(CN2CCC[C@H]2c2nc3ccccc3s2)c(=S)n1C. The number of aromatic nitrogens is 4. The van der Waals surface area contributed by atoms with Gasteiger partial charge >= 0.3 is 0 Å². The first-order chi connectivity index (χ1) is 14.1. The van der Waals surface area contributed by atoms with Gasteiger partial charge in [0.05, 0.1) is 22.9 Å². The Morgan fingerprint density at radius 3 is 2.76 bits per heavy atom. The van der Waals surface area contributed by atoms with Gasteiger partial charge in [0.15, 0.2) is 10.6 Å². The van der Waals surface area contributed by atoms with Crippen LogP contribution in [-0.2, 0) is 13.7 Å². The van der Waals surface area contributed by atoms with Crippen molar-refractivity contribution in [3.63, 3.8) is 0 Å². The molecule has 5 nitrogen and oxygen atoms in total. The Kier molecular flexibility index (Phi) is 4.81. The van der Waals surface area contributed by atoms with Crippen molar-refractivity contribution < 1.29 is 0 Å². The third-order valence-corrected chi connectivity index (χ3v) is 7.32. The van der Waals surface area contributed by atoms with Crippen molar-refractivity contribution in [2.75, 3.05) is 6.54 Å². The second kappa shape index (κ2) is 7.48. The van der Waals surface area contributed by atoms with Gasteiger partial charge in [-0.05, 0) is 49.7 Å². The molecule has 1 fully saturated rings. The van der Waals surface area contributed by atoms with Gasteiger partial charge in [0.1, 0.15) is 5.01 Å². The van der Waals surface area contributed by atoms with Crippen molar-refractivity contribution in [3.8, 4) is 11.4 Å². The third-order valence-electron chi connectivity index (χ3n) is 5.70. The molecule has 0 bridgehead atoms. The molecule has 0 aliphatic carbocycles. The predicted octanol–water partition coefficient (Wildman–Crippen LogP) is 5.33. The zero-order valence-corrected chi connectivity index (χ0v) is 18.2. The first-order valence-electron chi connectivity index (χ1n) is 9.91. The van der Waals surface area contributed by atoms with Crippen molar-refractivity contribution in [1.29, 1.82) is 0 Å². The van der Waals surface area contributed by atoms with Crippen LogP contribution in [0, 0.1) is 11.7 Å². The second-order valence-electron chi connectivity index (χ2n) is 7.61. The number of hydrogen-bond acceptors (Lipinski definition) is 5. The molecule has 0 spiro atoms. The number of nitrogens with zero attached hydrogens (tertiary/aromatic N) is 5. The molecule has 4 aromatic rings. The molecule has 29 heavy (non-hydrogen) atoms. The van der Waals surface area contributed by atoms with Gasteiger partial charge in [-0.2, -0.15) is 5.10 Å². The van der Waals surface area contributed by atoms with Crippen LogP contribution in [0.15, 0.2) is 48.5 Å². The molecule has 148 valence electrons. The first kappa shape index (κ1) is 18.7. The van der Waals surface area contributed by atoms with Crippen LogP contribution in [0.25, 0.3) is 21.6 Å². The highest BCUT2D eigenvalue weighted by atomic mass is 32.1. The predicted molar refractivity (Wildman–Crippen MR) is 121 cm³/mol. The number of thiazole rings is 1. The smallest absolute Gasteiger partial charge is 0.199 e. The summed E-state index contributed by atoms with van der Waals surface area (Å²) in [5, 5.41) is 6.09. The molecule has 0 radical (unpaired) electrons. The maximum atomic E-state index is 5.72. The number of aryl methyl sites for hydroxylation is 1. The van der Waals surface area contributed by atoms with Crippen LogP contribution in [0.1, 0.15) is 29.5 Å². The lowest BCUT2D eigenvalue weighted by atomic mass is 10.1. The molecular weight excluding hydrogens is 398 g/mol. The van der Waals surface area contributed by atoms with Gasteiger partial charge in [0.2, 0.25) is 0 Å². The number of rotatable bonds is 4. The number of fused-ring (bicyclic) bond motifs is 1. The topological polar surface area (TPSA) is 38.9 Å². The van der Waals surface area contributed by atoms with Crippen LogP contribution >= 0.6 is 23.6 Å². The lowest BCUT2D eigenvalue weighted by Gasteiger charge is -2.22. The van der Waals surface area contributed by atoms with E-state index in [1.165, 1.54) is 21.7 Å². The number of hydrogen-bond donors (Lipinski definition) is 0. The van der Waals surface area contributed by atoms with Crippen molar-refractivity contribution in [2.45, 2.75) is 32.5 Å². The van der Waals surface area contributed by atoms with Gasteiger partial charge in [-0.15, -0.1) is 11.3 Å². The van der Waals surface area contributed by atoms with E-state index in [0.717, 1.165) is 34.6 Å². The minimum Gasteiger partial charge on any atom is -0.303 e. The number of likely N-dealkylation sites (tertiary alicyclic amines) is 1. The van der Waals surface area contributed by atoms with E-state index in [9.17, 15) is 0 Å². The Hall–Kier alpha value is -2.35. The summed E-state index contributed by atoms with van der Waals surface area (Å²) in [5.74, 6) is 0.920. The third kappa shape index (κ3) is 3.33. The number of para-hydroxylation sites is 1. The molecule has 0 N–H and O–H groups in total. The Morgan fingerprint density at radius 2 is 1.93 bits per heavy atom. The molecule has 7 heteroatoms. The van der Waals surface area contributed by atoms with Crippen molar-refractivity contribution >= 4 is 33.8 Å². The summed E-state index contributed by atoms with van der Waals surface area (Å²) in [6.45, 7) is 3.85. The summed E-state index contributed by atoms with van der Waals surface area (Å²) in [6, 6.07) is 17.0. The fourth-order valence-corrected chi connectivity index (χ4v) is 5.44.